The molecule has 3 aromatic rings. The summed E-state index contributed by atoms with van der Waals surface area (Å²) in [6, 6.07) is 16.6. The first-order chi connectivity index (χ1) is 7.34. The zero-order valence-corrected chi connectivity index (χ0v) is 9.53. The van der Waals surface area contributed by atoms with E-state index in [2.05, 4.69) is 63.4 Å². The molecule has 0 atom stereocenters. The highest BCUT2D eigenvalue weighted by Gasteiger charge is 2.00. The number of pyridine rings is 1. The van der Waals surface area contributed by atoms with Gasteiger partial charge in [-0.25, -0.2) is 4.98 Å². The molecule has 0 unspecified atom stereocenters. The molecule has 0 fully saturated rings. The third-order valence-corrected chi connectivity index (χ3v) is 3.00. The van der Waals surface area contributed by atoms with Gasteiger partial charge in [0.2, 0.25) is 0 Å². The molecule has 0 bridgehead atoms. The Balaban J connectivity index is 2.55. The van der Waals surface area contributed by atoms with Crippen LogP contribution < -0.4 is 0 Å². The Morgan fingerprint density at radius 3 is 2.60 bits per heavy atom. The lowest BCUT2D eigenvalue weighted by atomic mass is 10.1. The molecule has 0 saturated carbocycles. The highest BCUT2D eigenvalue weighted by Crippen LogP contribution is 2.25. The number of aromatic nitrogens is 1. The van der Waals surface area contributed by atoms with Crippen molar-refractivity contribution in [2.24, 2.45) is 0 Å². The van der Waals surface area contributed by atoms with E-state index in [-0.39, 0.29) is 0 Å². The van der Waals surface area contributed by atoms with Gasteiger partial charge in [0.05, 0.1) is 5.52 Å². The molecule has 1 aromatic heterocycles. The summed E-state index contributed by atoms with van der Waals surface area (Å²) in [7, 11) is 0. The van der Waals surface area contributed by atoms with Crippen molar-refractivity contribution in [3.05, 3.63) is 53.1 Å². The molecule has 72 valence electrons. The van der Waals surface area contributed by atoms with E-state index in [0.717, 1.165) is 10.1 Å². The Morgan fingerprint density at radius 1 is 0.800 bits per heavy atom. The van der Waals surface area contributed by atoms with Gasteiger partial charge in [0, 0.05) is 5.39 Å². The third kappa shape index (κ3) is 1.41. The minimum Gasteiger partial charge on any atom is -0.241 e. The molecule has 3 rings (SSSR count). The van der Waals surface area contributed by atoms with Crippen molar-refractivity contribution < 1.29 is 0 Å². The SMILES string of the molecule is Brc1ccc2c(ccc3ccccc32)n1. The Kier molecular flexibility index (Phi) is 1.96. The predicted octanol–water partition coefficient (Wildman–Crippen LogP) is 4.15. The molecule has 2 heteroatoms. The molecular formula is C13H8BrN. The number of benzene rings is 2. The minimum absolute atomic E-state index is 0.880. The Hall–Kier alpha value is -1.41. The first kappa shape index (κ1) is 8.86. The van der Waals surface area contributed by atoms with Gasteiger partial charge in [-0.15, -0.1) is 0 Å². The van der Waals surface area contributed by atoms with Crippen molar-refractivity contribution in [1.29, 1.82) is 0 Å². The summed E-state index contributed by atoms with van der Waals surface area (Å²) < 4.78 is 0.880. The first-order valence-electron chi connectivity index (χ1n) is 4.78. The molecule has 1 heterocycles. The fourth-order valence-electron chi connectivity index (χ4n) is 1.86. The van der Waals surface area contributed by atoms with Crippen LogP contribution in [0, 0.1) is 0 Å². The normalized spacial score (nSPS) is 11.0. The monoisotopic (exact) mass is 257 g/mol. The van der Waals surface area contributed by atoms with Gasteiger partial charge in [0.25, 0.3) is 0 Å². The topological polar surface area (TPSA) is 12.9 Å². The summed E-state index contributed by atoms with van der Waals surface area (Å²) in [5.41, 5.74) is 1.03. The van der Waals surface area contributed by atoms with Gasteiger partial charge in [-0.05, 0) is 44.9 Å². The number of nitrogens with zero attached hydrogens (tertiary/aromatic N) is 1. The molecule has 0 aliphatic carbocycles. The van der Waals surface area contributed by atoms with Crippen LogP contribution >= 0.6 is 15.9 Å². The van der Waals surface area contributed by atoms with Crippen molar-refractivity contribution in [2.45, 2.75) is 0 Å². The molecule has 1 nitrogen and oxygen atoms in total. The second-order valence-corrected chi connectivity index (χ2v) is 4.30. The van der Waals surface area contributed by atoms with Gasteiger partial charge >= 0.3 is 0 Å². The van der Waals surface area contributed by atoms with Crippen LogP contribution in [0.5, 0.6) is 0 Å². The highest BCUT2D eigenvalue weighted by atomic mass is 79.9. The summed E-state index contributed by atoms with van der Waals surface area (Å²) in [5.74, 6) is 0. The van der Waals surface area contributed by atoms with Crippen molar-refractivity contribution in [1.82, 2.24) is 4.98 Å². The molecule has 0 radical (unpaired) electrons. The van der Waals surface area contributed by atoms with Gasteiger partial charge in [-0.2, -0.15) is 0 Å². The average Bonchev–Trinajstić information content (AvgIpc) is 2.28. The molecule has 15 heavy (non-hydrogen) atoms. The quantitative estimate of drug-likeness (QED) is 0.436. The van der Waals surface area contributed by atoms with E-state index >= 15 is 0 Å². The van der Waals surface area contributed by atoms with Crippen LogP contribution in [0.2, 0.25) is 0 Å². The molecular weight excluding hydrogens is 250 g/mol. The summed E-state index contributed by atoms with van der Waals surface area (Å²) in [6.07, 6.45) is 0. The maximum absolute atomic E-state index is 4.44. The van der Waals surface area contributed by atoms with Crippen molar-refractivity contribution in [3.8, 4) is 0 Å². The van der Waals surface area contributed by atoms with Crippen molar-refractivity contribution >= 4 is 37.6 Å². The fraction of sp³-hybridized carbons (Fsp3) is 0. The van der Waals surface area contributed by atoms with E-state index in [9.17, 15) is 0 Å². The molecule has 0 spiro atoms. The van der Waals surface area contributed by atoms with E-state index in [1.165, 1.54) is 16.2 Å². The third-order valence-electron chi connectivity index (χ3n) is 2.56. The Bertz CT molecular complexity index is 646. The molecule has 0 aliphatic rings. The van der Waals surface area contributed by atoms with E-state index < -0.39 is 0 Å². The summed E-state index contributed by atoms with van der Waals surface area (Å²) >= 11 is 3.39. The second kappa shape index (κ2) is 3.31. The van der Waals surface area contributed by atoms with E-state index in [4.69, 9.17) is 0 Å². The number of hydrogen-bond donors (Lipinski definition) is 0. The van der Waals surface area contributed by atoms with Crippen molar-refractivity contribution in [3.63, 3.8) is 0 Å². The molecule has 2 aromatic carbocycles. The summed E-state index contributed by atoms with van der Waals surface area (Å²) in [4.78, 5) is 4.44. The van der Waals surface area contributed by atoms with Gasteiger partial charge in [0.15, 0.2) is 0 Å². The molecule has 0 aliphatic heterocycles. The zero-order valence-electron chi connectivity index (χ0n) is 7.94. The Labute approximate surface area is 95.9 Å². The number of rotatable bonds is 0. The van der Waals surface area contributed by atoms with Gasteiger partial charge < -0.3 is 0 Å². The van der Waals surface area contributed by atoms with Crippen LogP contribution in [0.25, 0.3) is 21.7 Å². The highest BCUT2D eigenvalue weighted by molar-refractivity contribution is 9.10. The number of hydrogen-bond acceptors (Lipinski definition) is 1. The van der Waals surface area contributed by atoms with Crippen LogP contribution in [0.1, 0.15) is 0 Å². The van der Waals surface area contributed by atoms with E-state index in [1.807, 2.05) is 6.07 Å². The van der Waals surface area contributed by atoms with Gasteiger partial charge in [-0.1, -0.05) is 30.3 Å². The smallest absolute Gasteiger partial charge is 0.106 e. The van der Waals surface area contributed by atoms with Crippen molar-refractivity contribution in [2.75, 3.05) is 0 Å². The largest absolute Gasteiger partial charge is 0.241 e. The predicted molar refractivity (Wildman–Crippen MR) is 66.9 cm³/mol. The van der Waals surface area contributed by atoms with Crippen LogP contribution in [-0.4, -0.2) is 4.98 Å². The molecule has 0 amide bonds. The minimum atomic E-state index is 0.880. The number of halogens is 1. The maximum atomic E-state index is 4.44. The lowest BCUT2D eigenvalue weighted by Crippen LogP contribution is -1.81. The lowest BCUT2D eigenvalue weighted by Gasteiger charge is -2.02. The summed E-state index contributed by atoms with van der Waals surface area (Å²) in [5, 5.41) is 3.72. The molecule has 0 N–H and O–H groups in total. The molecule has 0 saturated heterocycles. The standard InChI is InChI=1S/C13H8BrN/c14-13-8-6-11-10-4-2-1-3-9(10)5-7-12(11)15-13/h1-8H. The van der Waals surface area contributed by atoms with Gasteiger partial charge in [-0.3, -0.25) is 0 Å². The second-order valence-electron chi connectivity index (χ2n) is 3.49. The Morgan fingerprint density at radius 2 is 1.67 bits per heavy atom. The fourth-order valence-corrected chi connectivity index (χ4v) is 2.18. The lowest BCUT2D eigenvalue weighted by molar-refractivity contribution is 1.36. The van der Waals surface area contributed by atoms with Crippen LogP contribution in [0.15, 0.2) is 53.1 Å². The zero-order chi connectivity index (χ0) is 10.3. The maximum Gasteiger partial charge on any atom is 0.106 e. The average molecular weight is 258 g/mol. The van der Waals surface area contributed by atoms with Crippen LogP contribution in [-0.2, 0) is 0 Å². The number of fused-ring (bicyclic) bond motifs is 3. The van der Waals surface area contributed by atoms with Crippen LogP contribution in [0.4, 0.5) is 0 Å². The summed E-state index contributed by atoms with van der Waals surface area (Å²) in [6.45, 7) is 0. The van der Waals surface area contributed by atoms with E-state index in [0.29, 0.717) is 0 Å². The van der Waals surface area contributed by atoms with E-state index in [1.54, 1.807) is 0 Å². The van der Waals surface area contributed by atoms with Crippen LogP contribution in [0.3, 0.4) is 0 Å². The van der Waals surface area contributed by atoms with Gasteiger partial charge in [0.1, 0.15) is 4.60 Å². The first-order valence-corrected chi connectivity index (χ1v) is 5.58.